The molecule has 0 bridgehead atoms. The van der Waals surface area contributed by atoms with Crippen molar-refractivity contribution < 1.29 is 4.74 Å². The minimum atomic E-state index is 0.586. The van der Waals surface area contributed by atoms with E-state index in [1.165, 1.54) is 9.75 Å². The monoisotopic (exact) mass is 262 g/mol. The van der Waals surface area contributed by atoms with E-state index in [2.05, 4.69) is 24.0 Å². The van der Waals surface area contributed by atoms with Gasteiger partial charge in [-0.1, -0.05) is 6.92 Å². The lowest BCUT2D eigenvalue weighted by Crippen LogP contribution is -1.99. The Bertz CT molecular complexity index is 522. The van der Waals surface area contributed by atoms with E-state index in [0.29, 0.717) is 13.2 Å². The fraction of sp³-hybridized carbons (Fsp3) is 0.357. The maximum absolute atomic E-state index is 5.83. The quantitative estimate of drug-likeness (QED) is 0.901. The second kappa shape index (κ2) is 5.98. The van der Waals surface area contributed by atoms with E-state index in [4.69, 9.17) is 10.5 Å². The van der Waals surface area contributed by atoms with E-state index in [0.717, 1.165) is 23.6 Å². The molecule has 0 spiro atoms. The summed E-state index contributed by atoms with van der Waals surface area (Å²) in [6, 6.07) is 8.10. The molecule has 0 aliphatic heterocycles. The third-order valence-corrected chi connectivity index (χ3v) is 3.78. The van der Waals surface area contributed by atoms with Crippen molar-refractivity contribution >= 4 is 11.3 Å². The maximum atomic E-state index is 5.83. The summed E-state index contributed by atoms with van der Waals surface area (Å²) in [5.41, 5.74) is 7.64. The molecule has 96 valence electrons. The van der Waals surface area contributed by atoms with Crippen LogP contribution in [0.15, 0.2) is 24.3 Å². The molecule has 2 aromatic heterocycles. The van der Waals surface area contributed by atoms with Crippen LogP contribution in [0.1, 0.15) is 28.1 Å². The van der Waals surface area contributed by atoms with Gasteiger partial charge in [-0.2, -0.15) is 0 Å². The third kappa shape index (κ3) is 3.09. The summed E-state index contributed by atoms with van der Waals surface area (Å²) < 4.78 is 5.83. The molecule has 3 nitrogen and oxygen atoms in total. The Labute approximate surface area is 112 Å². The predicted octanol–water partition coefficient (Wildman–Crippen LogP) is 3.05. The summed E-state index contributed by atoms with van der Waals surface area (Å²) in [5, 5.41) is 0. The fourth-order valence-electron chi connectivity index (χ4n) is 1.74. The lowest BCUT2D eigenvalue weighted by molar-refractivity contribution is 0.305. The summed E-state index contributed by atoms with van der Waals surface area (Å²) in [7, 11) is 0. The van der Waals surface area contributed by atoms with Crippen molar-refractivity contribution in [2.45, 2.75) is 33.4 Å². The Hall–Kier alpha value is -1.39. The normalized spacial score (nSPS) is 10.6. The number of hydrogen-bond acceptors (Lipinski definition) is 4. The van der Waals surface area contributed by atoms with Crippen molar-refractivity contribution in [1.29, 1.82) is 0 Å². The van der Waals surface area contributed by atoms with Gasteiger partial charge in [0, 0.05) is 22.0 Å². The first-order chi connectivity index (χ1) is 8.72. The molecule has 0 amide bonds. The standard InChI is InChI=1S/C14H18N2OS/c1-3-13-14(7-4-10(2)16-13)17-9-12-6-5-11(8-15)18-12/h4-7H,3,8-9,15H2,1-2H3. The van der Waals surface area contributed by atoms with E-state index in [1.807, 2.05) is 19.1 Å². The zero-order chi connectivity index (χ0) is 13.0. The molecule has 4 heteroatoms. The minimum Gasteiger partial charge on any atom is -0.486 e. The summed E-state index contributed by atoms with van der Waals surface area (Å²) in [6.45, 7) is 5.27. The first kappa shape index (κ1) is 13.1. The maximum Gasteiger partial charge on any atom is 0.141 e. The van der Waals surface area contributed by atoms with Gasteiger partial charge in [0.2, 0.25) is 0 Å². The number of thiophene rings is 1. The molecular formula is C14H18N2OS. The van der Waals surface area contributed by atoms with E-state index in [1.54, 1.807) is 11.3 Å². The van der Waals surface area contributed by atoms with Crippen molar-refractivity contribution in [3.8, 4) is 5.75 Å². The molecule has 0 aromatic carbocycles. The lowest BCUT2D eigenvalue weighted by atomic mass is 10.2. The molecule has 0 saturated carbocycles. The lowest BCUT2D eigenvalue weighted by Gasteiger charge is -2.09. The average molecular weight is 262 g/mol. The molecule has 0 aliphatic carbocycles. The molecule has 0 fully saturated rings. The second-order valence-electron chi connectivity index (χ2n) is 4.11. The van der Waals surface area contributed by atoms with Crippen molar-refractivity contribution in [1.82, 2.24) is 4.98 Å². The van der Waals surface area contributed by atoms with Crippen LogP contribution in [-0.2, 0) is 19.6 Å². The van der Waals surface area contributed by atoms with E-state index >= 15 is 0 Å². The van der Waals surface area contributed by atoms with Crippen LogP contribution in [0, 0.1) is 6.92 Å². The highest BCUT2D eigenvalue weighted by Crippen LogP contribution is 2.21. The fourth-order valence-corrected chi connectivity index (χ4v) is 2.55. The Balaban J connectivity index is 2.05. The molecular weight excluding hydrogens is 244 g/mol. The van der Waals surface area contributed by atoms with Crippen LogP contribution < -0.4 is 10.5 Å². The SMILES string of the molecule is CCc1nc(C)ccc1OCc1ccc(CN)s1. The van der Waals surface area contributed by atoms with E-state index in [9.17, 15) is 0 Å². The molecule has 2 rings (SSSR count). The molecule has 2 N–H and O–H groups in total. The molecule has 0 aliphatic rings. The van der Waals surface area contributed by atoms with Crippen LogP contribution in [0.5, 0.6) is 5.75 Å². The summed E-state index contributed by atoms with van der Waals surface area (Å²) in [4.78, 5) is 6.86. The number of hydrogen-bond donors (Lipinski definition) is 1. The number of aromatic nitrogens is 1. The van der Waals surface area contributed by atoms with Gasteiger partial charge >= 0.3 is 0 Å². The Morgan fingerprint density at radius 2 is 2.00 bits per heavy atom. The van der Waals surface area contributed by atoms with E-state index in [-0.39, 0.29) is 0 Å². The largest absolute Gasteiger partial charge is 0.486 e. The van der Waals surface area contributed by atoms with Gasteiger partial charge in [0.15, 0.2) is 0 Å². The van der Waals surface area contributed by atoms with Gasteiger partial charge < -0.3 is 10.5 Å². The topological polar surface area (TPSA) is 48.1 Å². The van der Waals surface area contributed by atoms with Crippen molar-refractivity contribution in [3.05, 3.63) is 45.4 Å². The van der Waals surface area contributed by atoms with Crippen LogP contribution in [0.3, 0.4) is 0 Å². The van der Waals surface area contributed by atoms with Gasteiger partial charge in [0.05, 0.1) is 5.69 Å². The van der Waals surface area contributed by atoms with Gasteiger partial charge in [-0.25, -0.2) is 0 Å². The Kier molecular flexibility index (Phi) is 4.33. The van der Waals surface area contributed by atoms with Gasteiger partial charge in [-0.3, -0.25) is 4.98 Å². The smallest absolute Gasteiger partial charge is 0.141 e. The summed E-state index contributed by atoms with van der Waals surface area (Å²) in [5.74, 6) is 0.880. The molecule has 0 atom stereocenters. The number of nitrogens with two attached hydrogens (primary N) is 1. The van der Waals surface area contributed by atoms with Crippen molar-refractivity contribution in [2.24, 2.45) is 5.73 Å². The number of rotatable bonds is 5. The average Bonchev–Trinajstić information content (AvgIpc) is 2.85. The number of ether oxygens (including phenoxy) is 1. The molecule has 2 heterocycles. The van der Waals surface area contributed by atoms with Gasteiger partial charge in [-0.05, 0) is 37.6 Å². The molecule has 0 unspecified atom stereocenters. The molecule has 2 aromatic rings. The van der Waals surface area contributed by atoms with Gasteiger partial charge in [-0.15, -0.1) is 11.3 Å². The zero-order valence-electron chi connectivity index (χ0n) is 10.8. The highest BCUT2D eigenvalue weighted by atomic mass is 32.1. The Morgan fingerprint density at radius 3 is 2.67 bits per heavy atom. The molecule has 0 saturated heterocycles. The minimum absolute atomic E-state index is 0.586. The summed E-state index contributed by atoms with van der Waals surface area (Å²) in [6.07, 6.45) is 0.884. The summed E-state index contributed by atoms with van der Waals surface area (Å²) >= 11 is 1.70. The van der Waals surface area contributed by atoms with Crippen LogP contribution in [-0.4, -0.2) is 4.98 Å². The first-order valence-corrected chi connectivity index (χ1v) is 6.91. The van der Waals surface area contributed by atoms with Crippen LogP contribution in [0.25, 0.3) is 0 Å². The van der Waals surface area contributed by atoms with Crippen LogP contribution >= 0.6 is 11.3 Å². The number of pyridine rings is 1. The van der Waals surface area contributed by atoms with Crippen molar-refractivity contribution in [2.75, 3.05) is 0 Å². The highest BCUT2D eigenvalue weighted by molar-refractivity contribution is 7.11. The third-order valence-electron chi connectivity index (χ3n) is 2.69. The van der Waals surface area contributed by atoms with E-state index < -0.39 is 0 Å². The molecule has 18 heavy (non-hydrogen) atoms. The zero-order valence-corrected chi connectivity index (χ0v) is 11.6. The number of nitrogens with zero attached hydrogens (tertiary/aromatic N) is 1. The van der Waals surface area contributed by atoms with Crippen molar-refractivity contribution in [3.63, 3.8) is 0 Å². The second-order valence-corrected chi connectivity index (χ2v) is 5.36. The van der Waals surface area contributed by atoms with Crippen LogP contribution in [0.4, 0.5) is 0 Å². The van der Waals surface area contributed by atoms with Gasteiger partial charge in [0.1, 0.15) is 12.4 Å². The number of aryl methyl sites for hydroxylation is 2. The highest BCUT2D eigenvalue weighted by Gasteiger charge is 2.05. The first-order valence-electron chi connectivity index (χ1n) is 6.10. The predicted molar refractivity (Wildman–Crippen MR) is 74.9 cm³/mol. The molecule has 0 radical (unpaired) electrons. The van der Waals surface area contributed by atoms with Gasteiger partial charge in [0.25, 0.3) is 0 Å². The Morgan fingerprint density at radius 1 is 1.22 bits per heavy atom. The van der Waals surface area contributed by atoms with Crippen LogP contribution in [0.2, 0.25) is 0 Å².